The van der Waals surface area contributed by atoms with E-state index in [2.05, 4.69) is 35.1 Å². The van der Waals surface area contributed by atoms with Crippen molar-refractivity contribution >= 4 is 31.3 Å². The fraction of sp³-hybridized carbons (Fsp3) is 0.323. The van der Waals surface area contributed by atoms with Crippen molar-refractivity contribution in [3.8, 4) is 0 Å². The van der Waals surface area contributed by atoms with Gasteiger partial charge < -0.3 is 15.9 Å². The molecule has 0 unspecified atom stereocenters. The Hall–Kier alpha value is -3.62. The van der Waals surface area contributed by atoms with Crippen molar-refractivity contribution in [3.63, 3.8) is 0 Å². The molecule has 2 amide bonds. The van der Waals surface area contributed by atoms with E-state index in [-0.39, 0.29) is 32.2 Å². The monoisotopic (exact) mass is 549 g/mol. The maximum absolute atomic E-state index is 12.1. The van der Waals surface area contributed by atoms with Crippen molar-refractivity contribution in [2.45, 2.75) is 57.4 Å². The molecule has 0 saturated heterocycles. The molecule has 0 fully saturated rings. The number of unbranched alkanes of at least 4 members (excludes halogenated alkanes) is 1. The van der Waals surface area contributed by atoms with Gasteiger partial charge in [0.1, 0.15) is 0 Å². The second-order valence-corrected chi connectivity index (χ2v) is 9.38. The largest absolute Gasteiger partial charge is 0.355 e. The molecule has 0 spiro atoms. The molecule has 0 aliphatic rings. The molecule has 7 nitrogen and oxygen atoms in total. The Morgan fingerprint density at radius 1 is 0.718 bits per heavy atom. The van der Waals surface area contributed by atoms with Crippen molar-refractivity contribution in [1.29, 1.82) is 0 Å². The van der Waals surface area contributed by atoms with Gasteiger partial charge in [0.25, 0.3) is 5.91 Å². The number of amides is 2. The molecular weight excluding hydrogens is 510 g/mol. The lowest BCUT2D eigenvalue weighted by atomic mass is 10.0. The average molecular weight is 550 g/mol. The van der Waals surface area contributed by atoms with Crippen LogP contribution in [0, 0.1) is 0 Å². The van der Waals surface area contributed by atoms with Crippen LogP contribution in [-0.2, 0) is 44.9 Å². The maximum Gasteiger partial charge on any atom is 0.332 e. The van der Waals surface area contributed by atoms with E-state index in [0.29, 0.717) is 19.4 Å². The molecule has 3 aromatic rings. The summed E-state index contributed by atoms with van der Waals surface area (Å²) < 4.78 is 0. The molecule has 3 aromatic carbocycles. The number of benzene rings is 3. The van der Waals surface area contributed by atoms with Gasteiger partial charge in [0, 0.05) is 13.0 Å². The van der Waals surface area contributed by atoms with E-state index in [1.165, 1.54) is 11.1 Å². The van der Waals surface area contributed by atoms with E-state index in [0.717, 1.165) is 36.8 Å². The molecule has 1 atom stereocenters. The number of hydroxylamine groups is 1. The van der Waals surface area contributed by atoms with Gasteiger partial charge in [-0.25, -0.2) is 4.79 Å². The first-order valence-corrected chi connectivity index (χ1v) is 13.2. The standard InChI is InChI=1S/C31H37N3O4.H2S/c32-28(22-26-14-5-2-6-15-26)31(37)33-21-9-16-30(36)38-34-29(35)23-27-19-17-25(18-20-27)13-8-7-12-24-10-3-1-4-11-24;/h1-6,10-11,14-15,17-20,28H,7-9,12-13,16,21-23,32H2,(H,33,37)(H,34,35);1H2/t28-;/m0./s1. The molecule has 4 N–H and O–H groups in total. The third-order valence-corrected chi connectivity index (χ3v) is 6.18. The number of hydrogen-bond acceptors (Lipinski definition) is 5. The van der Waals surface area contributed by atoms with E-state index in [1.54, 1.807) is 0 Å². The minimum atomic E-state index is -0.655. The first-order chi connectivity index (χ1) is 18.5. The molecular formula is C31H39N3O4S. The molecule has 0 saturated carbocycles. The summed E-state index contributed by atoms with van der Waals surface area (Å²) in [7, 11) is 0. The topological polar surface area (TPSA) is 111 Å². The van der Waals surface area contributed by atoms with Crippen LogP contribution in [0.3, 0.4) is 0 Å². The fourth-order valence-corrected chi connectivity index (χ4v) is 4.05. The third-order valence-electron chi connectivity index (χ3n) is 6.18. The molecule has 0 aromatic heterocycles. The number of carbonyl (C=O) groups excluding carboxylic acids is 3. The van der Waals surface area contributed by atoms with Gasteiger partial charge in [-0.1, -0.05) is 84.9 Å². The van der Waals surface area contributed by atoms with Gasteiger partial charge in [0.2, 0.25) is 5.91 Å². The van der Waals surface area contributed by atoms with Crippen LogP contribution in [0.4, 0.5) is 0 Å². The first kappa shape index (κ1) is 31.6. The number of aryl methyl sites for hydroxylation is 2. The number of hydrogen-bond donors (Lipinski definition) is 3. The zero-order chi connectivity index (χ0) is 27.0. The molecule has 0 heterocycles. The van der Waals surface area contributed by atoms with Crippen molar-refractivity contribution < 1.29 is 19.2 Å². The Morgan fingerprint density at radius 2 is 1.26 bits per heavy atom. The summed E-state index contributed by atoms with van der Waals surface area (Å²) in [5.74, 6) is -1.23. The summed E-state index contributed by atoms with van der Waals surface area (Å²) in [5, 5.41) is 2.72. The normalized spacial score (nSPS) is 11.1. The highest BCUT2D eigenvalue weighted by Crippen LogP contribution is 2.11. The molecule has 0 aliphatic carbocycles. The highest BCUT2D eigenvalue weighted by atomic mass is 32.1. The van der Waals surface area contributed by atoms with Gasteiger partial charge in [0.05, 0.1) is 12.5 Å². The lowest BCUT2D eigenvalue weighted by Crippen LogP contribution is -2.42. The lowest BCUT2D eigenvalue weighted by molar-refractivity contribution is -0.158. The third kappa shape index (κ3) is 12.7. The molecule has 0 bridgehead atoms. The van der Waals surface area contributed by atoms with Crippen molar-refractivity contribution in [3.05, 3.63) is 107 Å². The quantitative estimate of drug-likeness (QED) is 0.208. The Morgan fingerprint density at radius 3 is 1.87 bits per heavy atom. The van der Waals surface area contributed by atoms with Gasteiger partial charge in [-0.3, -0.25) is 9.59 Å². The average Bonchev–Trinajstić information content (AvgIpc) is 2.94. The Balaban J connectivity index is 0.00000533. The summed E-state index contributed by atoms with van der Waals surface area (Å²) in [4.78, 5) is 41.0. The summed E-state index contributed by atoms with van der Waals surface area (Å²) in [6.45, 7) is 0.295. The molecule has 8 heteroatoms. The van der Waals surface area contributed by atoms with Gasteiger partial charge in [-0.15, -0.1) is 0 Å². The minimum Gasteiger partial charge on any atom is -0.355 e. The van der Waals surface area contributed by atoms with Crippen LogP contribution in [-0.4, -0.2) is 30.4 Å². The number of nitrogens with one attached hydrogen (secondary N) is 2. The zero-order valence-electron chi connectivity index (χ0n) is 22.2. The van der Waals surface area contributed by atoms with Gasteiger partial charge >= 0.3 is 5.97 Å². The Bertz CT molecular complexity index is 1140. The lowest BCUT2D eigenvalue weighted by Gasteiger charge is -2.12. The van der Waals surface area contributed by atoms with E-state index >= 15 is 0 Å². The summed E-state index contributed by atoms with van der Waals surface area (Å²) in [5.41, 5.74) is 12.6. The van der Waals surface area contributed by atoms with Crippen LogP contribution in [0.25, 0.3) is 0 Å². The smallest absolute Gasteiger partial charge is 0.332 e. The predicted octanol–water partition coefficient (Wildman–Crippen LogP) is 3.95. The van der Waals surface area contributed by atoms with Crippen LogP contribution in [0.15, 0.2) is 84.9 Å². The van der Waals surface area contributed by atoms with Crippen LogP contribution in [0.1, 0.15) is 47.9 Å². The predicted molar refractivity (Wildman–Crippen MR) is 158 cm³/mol. The Labute approximate surface area is 237 Å². The van der Waals surface area contributed by atoms with E-state index < -0.39 is 17.9 Å². The van der Waals surface area contributed by atoms with Crippen LogP contribution < -0.4 is 16.5 Å². The summed E-state index contributed by atoms with van der Waals surface area (Å²) in [6.07, 6.45) is 5.32. The molecule has 39 heavy (non-hydrogen) atoms. The number of rotatable bonds is 14. The van der Waals surface area contributed by atoms with Crippen molar-refractivity contribution in [1.82, 2.24) is 10.8 Å². The molecule has 3 rings (SSSR count). The Kier molecular flexibility index (Phi) is 14.4. The number of nitrogens with two attached hydrogens (primary N) is 1. The van der Waals surface area contributed by atoms with E-state index in [1.807, 2.05) is 60.7 Å². The highest BCUT2D eigenvalue weighted by Gasteiger charge is 2.14. The molecule has 0 aliphatic heterocycles. The summed E-state index contributed by atoms with van der Waals surface area (Å²) in [6, 6.07) is 27.3. The first-order valence-electron chi connectivity index (χ1n) is 13.2. The second-order valence-electron chi connectivity index (χ2n) is 9.38. The maximum atomic E-state index is 12.1. The molecule has 208 valence electrons. The highest BCUT2D eigenvalue weighted by molar-refractivity contribution is 7.59. The minimum absolute atomic E-state index is 0. The van der Waals surface area contributed by atoms with Crippen molar-refractivity contribution in [2.75, 3.05) is 6.54 Å². The van der Waals surface area contributed by atoms with Crippen LogP contribution in [0.5, 0.6) is 0 Å². The van der Waals surface area contributed by atoms with Crippen LogP contribution >= 0.6 is 13.5 Å². The SMILES string of the molecule is N[C@@H](Cc1ccccc1)C(=O)NCCCC(=O)ONC(=O)Cc1ccc(CCCCc2ccccc2)cc1.S. The second kappa shape index (κ2) is 17.8. The van der Waals surface area contributed by atoms with E-state index in [9.17, 15) is 14.4 Å². The van der Waals surface area contributed by atoms with Crippen LogP contribution in [0.2, 0.25) is 0 Å². The van der Waals surface area contributed by atoms with Crippen molar-refractivity contribution in [2.24, 2.45) is 5.73 Å². The summed E-state index contributed by atoms with van der Waals surface area (Å²) >= 11 is 0. The number of carbonyl (C=O) groups is 3. The van der Waals surface area contributed by atoms with Gasteiger partial charge in [0.15, 0.2) is 0 Å². The van der Waals surface area contributed by atoms with Gasteiger partial charge in [-0.05, 0) is 60.8 Å². The van der Waals surface area contributed by atoms with E-state index in [4.69, 9.17) is 10.6 Å². The fourth-order valence-electron chi connectivity index (χ4n) is 4.05. The van der Waals surface area contributed by atoms with Gasteiger partial charge in [-0.2, -0.15) is 19.0 Å². The molecule has 0 radical (unpaired) electrons. The zero-order valence-corrected chi connectivity index (χ0v) is 23.2.